The standard InChI is InChI=1S/C17H26N2O/c1-13-12-20-10-9-19(13)17-11-15(7-8-16(17)18)14-5-3-2-4-6-14/h2-6,13,15-17H,7-12,18H2,1H3. The van der Waals surface area contributed by atoms with Gasteiger partial charge in [-0.05, 0) is 37.7 Å². The SMILES string of the molecule is CC1COCCN1C1CC(c2ccccc2)CCC1N. The van der Waals surface area contributed by atoms with Gasteiger partial charge in [0.1, 0.15) is 0 Å². The van der Waals surface area contributed by atoms with Crippen LogP contribution in [0.4, 0.5) is 0 Å². The van der Waals surface area contributed by atoms with Crippen molar-refractivity contribution in [3.05, 3.63) is 35.9 Å². The van der Waals surface area contributed by atoms with Crippen LogP contribution in [0.25, 0.3) is 0 Å². The molecule has 3 nitrogen and oxygen atoms in total. The predicted octanol–water partition coefficient (Wildman–Crippen LogP) is 2.37. The van der Waals surface area contributed by atoms with Gasteiger partial charge in [-0.15, -0.1) is 0 Å². The van der Waals surface area contributed by atoms with Crippen molar-refractivity contribution in [3.63, 3.8) is 0 Å². The summed E-state index contributed by atoms with van der Waals surface area (Å²) in [5, 5.41) is 0. The lowest BCUT2D eigenvalue weighted by Gasteiger charge is -2.46. The highest BCUT2D eigenvalue weighted by Crippen LogP contribution is 2.35. The smallest absolute Gasteiger partial charge is 0.0619 e. The van der Waals surface area contributed by atoms with E-state index in [-0.39, 0.29) is 0 Å². The number of hydrogen-bond acceptors (Lipinski definition) is 3. The monoisotopic (exact) mass is 274 g/mol. The molecule has 3 rings (SSSR count). The van der Waals surface area contributed by atoms with Crippen LogP contribution in [-0.2, 0) is 4.74 Å². The minimum absolute atomic E-state index is 0.315. The van der Waals surface area contributed by atoms with Gasteiger partial charge in [-0.1, -0.05) is 30.3 Å². The van der Waals surface area contributed by atoms with Gasteiger partial charge in [-0.2, -0.15) is 0 Å². The molecule has 1 saturated carbocycles. The van der Waals surface area contributed by atoms with Crippen LogP contribution < -0.4 is 5.73 Å². The van der Waals surface area contributed by atoms with E-state index < -0.39 is 0 Å². The summed E-state index contributed by atoms with van der Waals surface area (Å²) in [4.78, 5) is 2.59. The molecule has 110 valence electrons. The molecule has 0 spiro atoms. The molecular formula is C17H26N2O. The Morgan fingerprint density at radius 2 is 2.00 bits per heavy atom. The van der Waals surface area contributed by atoms with Crippen LogP contribution in [0.1, 0.15) is 37.7 Å². The fourth-order valence-electron chi connectivity index (χ4n) is 3.81. The number of hydrogen-bond donors (Lipinski definition) is 1. The summed E-state index contributed by atoms with van der Waals surface area (Å²) in [6, 6.07) is 12.2. The molecule has 4 unspecified atom stereocenters. The Labute approximate surface area is 122 Å². The Bertz CT molecular complexity index is 422. The van der Waals surface area contributed by atoms with E-state index in [9.17, 15) is 0 Å². The van der Waals surface area contributed by atoms with Gasteiger partial charge >= 0.3 is 0 Å². The third kappa shape index (κ3) is 2.90. The zero-order valence-electron chi connectivity index (χ0n) is 12.4. The first-order valence-electron chi connectivity index (χ1n) is 7.89. The predicted molar refractivity (Wildman–Crippen MR) is 81.8 cm³/mol. The van der Waals surface area contributed by atoms with Gasteiger partial charge in [0, 0.05) is 24.7 Å². The van der Waals surface area contributed by atoms with Gasteiger partial charge in [0.15, 0.2) is 0 Å². The fraction of sp³-hybridized carbons (Fsp3) is 0.647. The van der Waals surface area contributed by atoms with Crippen molar-refractivity contribution in [2.24, 2.45) is 5.73 Å². The largest absolute Gasteiger partial charge is 0.379 e. The first kappa shape index (κ1) is 14.1. The molecule has 1 aromatic rings. The average molecular weight is 274 g/mol. The van der Waals surface area contributed by atoms with E-state index in [1.54, 1.807) is 0 Å². The van der Waals surface area contributed by atoms with Crippen LogP contribution in [0, 0.1) is 0 Å². The van der Waals surface area contributed by atoms with Gasteiger partial charge < -0.3 is 10.5 Å². The van der Waals surface area contributed by atoms with E-state index in [0.29, 0.717) is 24.0 Å². The molecule has 0 aromatic heterocycles. The number of nitrogens with two attached hydrogens (primary N) is 1. The Morgan fingerprint density at radius 1 is 1.20 bits per heavy atom. The normalized spacial score (nSPS) is 35.9. The summed E-state index contributed by atoms with van der Waals surface area (Å²) in [5.41, 5.74) is 7.91. The maximum atomic E-state index is 6.43. The highest BCUT2D eigenvalue weighted by atomic mass is 16.5. The Balaban J connectivity index is 1.73. The molecule has 2 aliphatic rings. The van der Waals surface area contributed by atoms with Crippen molar-refractivity contribution < 1.29 is 4.74 Å². The first-order valence-corrected chi connectivity index (χ1v) is 7.89. The van der Waals surface area contributed by atoms with Crippen LogP contribution >= 0.6 is 0 Å². The van der Waals surface area contributed by atoms with Gasteiger partial charge in [-0.3, -0.25) is 4.90 Å². The minimum Gasteiger partial charge on any atom is -0.379 e. The highest BCUT2D eigenvalue weighted by Gasteiger charge is 2.35. The lowest BCUT2D eigenvalue weighted by Crippen LogP contribution is -2.57. The molecule has 0 amide bonds. The summed E-state index contributed by atoms with van der Waals surface area (Å²) in [6.45, 7) is 4.99. The van der Waals surface area contributed by atoms with Crippen molar-refractivity contribution in [2.75, 3.05) is 19.8 Å². The van der Waals surface area contributed by atoms with Crippen molar-refractivity contribution in [1.82, 2.24) is 4.90 Å². The third-order valence-corrected chi connectivity index (χ3v) is 4.98. The first-order chi connectivity index (χ1) is 9.75. The van der Waals surface area contributed by atoms with Gasteiger partial charge in [0.2, 0.25) is 0 Å². The molecule has 1 aromatic carbocycles. The summed E-state index contributed by atoms with van der Waals surface area (Å²) in [7, 11) is 0. The number of rotatable bonds is 2. The van der Waals surface area contributed by atoms with Crippen LogP contribution in [0.2, 0.25) is 0 Å². The fourth-order valence-corrected chi connectivity index (χ4v) is 3.81. The van der Waals surface area contributed by atoms with Gasteiger partial charge in [0.25, 0.3) is 0 Å². The summed E-state index contributed by atoms with van der Waals surface area (Å²) >= 11 is 0. The molecule has 1 aliphatic heterocycles. The minimum atomic E-state index is 0.315. The van der Waals surface area contributed by atoms with Crippen LogP contribution in [0.3, 0.4) is 0 Å². The van der Waals surface area contributed by atoms with Gasteiger partial charge in [-0.25, -0.2) is 0 Å². The highest BCUT2D eigenvalue weighted by molar-refractivity contribution is 5.21. The Morgan fingerprint density at radius 3 is 2.75 bits per heavy atom. The zero-order chi connectivity index (χ0) is 13.9. The molecule has 1 saturated heterocycles. The van der Waals surface area contributed by atoms with Crippen LogP contribution in [-0.4, -0.2) is 42.8 Å². The Hall–Kier alpha value is -0.900. The summed E-state index contributed by atoms with van der Waals surface area (Å²) in [6.07, 6.45) is 3.55. The molecule has 2 N–H and O–H groups in total. The molecule has 0 bridgehead atoms. The maximum Gasteiger partial charge on any atom is 0.0619 e. The van der Waals surface area contributed by atoms with Gasteiger partial charge in [0.05, 0.1) is 13.2 Å². The molecule has 1 aliphatic carbocycles. The van der Waals surface area contributed by atoms with E-state index in [4.69, 9.17) is 10.5 Å². The maximum absolute atomic E-state index is 6.43. The number of morpholine rings is 1. The second-order valence-corrected chi connectivity index (χ2v) is 6.31. The molecule has 4 atom stereocenters. The quantitative estimate of drug-likeness (QED) is 0.900. The number of ether oxygens (including phenoxy) is 1. The second-order valence-electron chi connectivity index (χ2n) is 6.31. The van der Waals surface area contributed by atoms with E-state index in [2.05, 4.69) is 42.2 Å². The van der Waals surface area contributed by atoms with E-state index in [1.165, 1.54) is 18.4 Å². The molecule has 0 radical (unpaired) electrons. The van der Waals surface area contributed by atoms with E-state index in [0.717, 1.165) is 26.2 Å². The molecule has 2 fully saturated rings. The van der Waals surface area contributed by atoms with E-state index >= 15 is 0 Å². The van der Waals surface area contributed by atoms with Crippen molar-refractivity contribution in [2.45, 2.75) is 50.2 Å². The van der Waals surface area contributed by atoms with Crippen molar-refractivity contribution >= 4 is 0 Å². The number of benzene rings is 1. The molecule has 1 heterocycles. The topological polar surface area (TPSA) is 38.5 Å². The Kier molecular flexibility index (Phi) is 4.39. The zero-order valence-corrected chi connectivity index (χ0v) is 12.4. The molecule has 20 heavy (non-hydrogen) atoms. The van der Waals surface area contributed by atoms with Crippen molar-refractivity contribution in [1.29, 1.82) is 0 Å². The third-order valence-electron chi connectivity index (χ3n) is 4.98. The van der Waals surface area contributed by atoms with E-state index in [1.807, 2.05) is 0 Å². The lowest BCUT2D eigenvalue weighted by molar-refractivity contribution is -0.0353. The summed E-state index contributed by atoms with van der Waals surface area (Å²) < 4.78 is 5.57. The molecular weight excluding hydrogens is 248 g/mol. The van der Waals surface area contributed by atoms with Crippen LogP contribution in [0.15, 0.2) is 30.3 Å². The number of nitrogens with zero attached hydrogens (tertiary/aromatic N) is 1. The lowest BCUT2D eigenvalue weighted by atomic mass is 9.78. The summed E-state index contributed by atoms with van der Waals surface area (Å²) in [5.74, 6) is 0.663. The van der Waals surface area contributed by atoms with Crippen LogP contribution in [0.5, 0.6) is 0 Å². The second kappa shape index (κ2) is 6.25. The van der Waals surface area contributed by atoms with Crippen molar-refractivity contribution in [3.8, 4) is 0 Å². The average Bonchev–Trinajstić information content (AvgIpc) is 2.49. The molecule has 3 heteroatoms.